The smallest absolute Gasteiger partial charge is 0.391 e. The van der Waals surface area contributed by atoms with E-state index in [0.717, 1.165) is 38.5 Å². The van der Waals surface area contributed by atoms with Crippen molar-refractivity contribution in [2.45, 2.75) is 283 Å². The topological polar surface area (TPSA) is 105 Å². The van der Waals surface area contributed by atoms with E-state index in [1.54, 1.807) is 0 Å². The van der Waals surface area contributed by atoms with Crippen LogP contribution in [0.1, 0.15) is 271 Å². The van der Waals surface area contributed by atoms with Crippen LogP contribution in [0.25, 0.3) is 0 Å². The molecule has 0 heterocycles. The number of likely N-dealkylation sites (N-methyl/N-ethyl adjacent to an activating group) is 1. The first-order valence-electron chi connectivity index (χ1n) is 26.4. The Balaban J connectivity index is 4.20. The second kappa shape index (κ2) is 43.7. The Bertz CT molecular complexity index is 947. The Labute approximate surface area is 374 Å². The minimum absolute atomic E-state index is 0.0790. The Morgan fingerprint density at radius 2 is 0.800 bits per heavy atom. The zero-order valence-electron chi connectivity index (χ0n) is 41.0. The van der Waals surface area contributed by atoms with Crippen LogP contribution in [0.4, 0.5) is 0 Å². The number of hydrogen-bond acceptors (Lipinski definition) is 5. The van der Waals surface area contributed by atoms with E-state index in [1.165, 1.54) is 205 Å². The largest absolute Gasteiger partial charge is 0.472 e. The molecule has 3 unspecified atom stereocenters. The molecule has 0 aliphatic carbocycles. The zero-order chi connectivity index (χ0) is 44.3. The molecule has 0 fully saturated rings. The minimum Gasteiger partial charge on any atom is -0.391 e. The molecular weight excluding hydrogens is 768 g/mol. The van der Waals surface area contributed by atoms with Gasteiger partial charge in [0, 0.05) is 6.42 Å². The molecular formula is C51H106N2O6P+. The number of carbonyl (C=O) groups is 1. The summed E-state index contributed by atoms with van der Waals surface area (Å²) >= 11 is 0. The molecule has 0 aromatic heterocycles. The van der Waals surface area contributed by atoms with Gasteiger partial charge in [-0.15, -0.1) is 0 Å². The predicted molar refractivity (Wildman–Crippen MR) is 259 cm³/mol. The number of aliphatic hydroxyl groups excluding tert-OH is 1. The van der Waals surface area contributed by atoms with E-state index in [4.69, 9.17) is 9.05 Å². The summed E-state index contributed by atoms with van der Waals surface area (Å²) < 4.78 is 23.7. The quantitative estimate of drug-likeness (QED) is 0.0319. The first-order chi connectivity index (χ1) is 29.0. The van der Waals surface area contributed by atoms with Crippen LogP contribution in [0.15, 0.2) is 0 Å². The molecule has 0 aliphatic rings. The Morgan fingerprint density at radius 1 is 0.500 bits per heavy atom. The molecule has 1 amide bonds. The summed E-state index contributed by atoms with van der Waals surface area (Å²) in [7, 11) is 1.63. The van der Waals surface area contributed by atoms with Crippen molar-refractivity contribution in [3.05, 3.63) is 0 Å². The molecule has 3 N–H and O–H groups in total. The monoisotopic (exact) mass is 874 g/mol. The molecule has 0 aliphatic heterocycles. The Morgan fingerprint density at radius 3 is 1.12 bits per heavy atom. The highest BCUT2D eigenvalue weighted by Crippen LogP contribution is 2.43. The maximum Gasteiger partial charge on any atom is 0.472 e. The molecule has 360 valence electrons. The summed E-state index contributed by atoms with van der Waals surface area (Å²) in [5, 5.41) is 14.0. The summed E-state index contributed by atoms with van der Waals surface area (Å²) in [6, 6.07) is -0.754. The normalized spacial score (nSPS) is 14.1. The van der Waals surface area contributed by atoms with E-state index in [2.05, 4.69) is 19.2 Å². The number of amides is 1. The second-order valence-corrected chi connectivity index (χ2v) is 21.1. The third kappa shape index (κ3) is 45.5. The molecule has 0 bridgehead atoms. The number of unbranched alkanes of at least 4 members (excludes halogenated alkanes) is 36. The van der Waals surface area contributed by atoms with E-state index in [1.807, 2.05) is 21.1 Å². The van der Waals surface area contributed by atoms with Gasteiger partial charge in [0.2, 0.25) is 5.91 Å². The van der Waals surface area contributed by atoms with Gasteiger partial charge in [0.25, 0.3) is 0 Å². The lowest BCUT2D eigenvalue weighted by molar-refractivity contribution is -0.870. The van der Waals surface area contributed by atoms with Crippen LogP contribution in [-0.4, -0.2) is 73.4 Å². The molecule has 60 heavy (non-hydrogen) atoms. The van der Waals surface area contributed by atoms with E-state index < -0.39 is 20.0 Å². The van der Waals surface area contributed by atoms with Gasteiger partial charge in [0.1, 0.15) is 13.2 Å². The number of quaternary nitrogens is 1. The lowest BCUT2D eigenvalue weighted by atomic mass is 10.0. The van der Waals surface area contributed by atoms with Gasteiger partial charge in [0.15, 0.2) is 0 Å². The van der Waals surface area contributed by atoms with Gasteiger partial charge in [-0.3, -0.25) is 13.8 Å². The van der Waals surface area contributed by atoms with Gasteiger partial charge in [-0.2, -0.15) is 0 Å². The minimum atomic E-state index is -4.31. The number of hydrogen-bond donors (Lipinski definition) is 3. The molecule has 0 spiro atoms. The van der Waals surface area contributed by atoms with Crippen molar-refractivity contribution in [2.24, 2.45) is 0 Å². The van der Waals surface area contributed by atoms with Gasteiger partial charge in [0.05, 0.1) is 39.9 Å². The first-order valence-corrected chi connectivity index (χ1v) is 27.9. The van der Waals surface area contributed by atoms with Crippen molar-refractivity contribution in [3.8, 4) is 0 Å². The number of phosphoric acid groups is 1. The van der Waals surface area contributed by atoms with Gasteiger partial charge >= 0.3 is 7.82 Å². The molecule has 3 atom stereocenters. The molecule has 0 rings (SSSR count). The van der Waals surface area contributed by atoms with Crippen LogP contribution < -0.4 is 5.32 Å². The average molecular weight is 874 g/mol. The molecule has 0 aromatic carbocycles. The fourth-order valence-electron chi connectivity index (χ4n) is 8.17. The first kappa shape index (κ1) is 59.5. The van der Waals surface area contributed by atoms with Crippen molar-refractivity contribution in [1.29, 1.82) is 0 Å². The van der Waals surface area contributed by atoms with E-state index >= 15 is 0 Å². The van der Waals surface area contributed by atoms with Crippen molar-refractivity contribution in [2.75, 3.05) is 40.9 Å². The number of nitrogens with one attached hydrogen (secondary N) is 1. The number of aliphatic hydroxyl groups is 1. The van der Waals surface area contributed by atoms with Gasteiger partial charge in [-0.25, -0.2) is 4.57 Å². The maximum atomic E-state index is 12.9. The van der Waals surface area contributed by atoms with Crippen molar-refractivity contribution < 1.29 is 32.9 Å². The van der Waals surface area contributed by atoms with Crippen LogP contribution >= 0.6 is 7.82 Å². The third-order valence-corrected chi connectivity index (χ3v) is 13.3. The Hall–Kier alpha value is -0.500. The summed E-state index contributed by atoms with van der Waals surface area (Å²) in [4.78, 5) is 23.3. The second-order valence-electron chi connectivity index (χ2n) is 19.6. The number of nitrogens with zero attached hydrogens (tertiary/aromatic N) is 1. The molecule has 8 nitrogen and oxygen atoms in total. The molecule has 0 saturated carbocycles. The highest BCUT2D eigenvalue weighted by molar-refractivity contribution is 7.47. The highest BCUT2D eigenvalue weighted by atomic mass is 31.2. The fraction of sp³-hybridized carbons (Fsp3) is 0.980. The number of rotatable bonds is 49. The lowest BCUT2D eigenvalue weighted by Crippen LogP contribution is -2.46. The Kier molecular flexibility index (Phi) is 43.4. The predicted octanol–water partition coefficient (Wildman–Crippen LogP) is 15.3. The van der Waals surface area contributed by atoms with E-state index in [-0.39, 0.29) is 19.1 Å². The standard InChI is InChI=1S/C51H105N2O6P/c1-6-8-10-12-14-16-18-20-22-24-25-26-27-29-30-32-34-36-38-40-42-44-50(54)49(48-59-60(56,57)58-47-46-53(3,4)5)52-51(55)45-43-41-39-37-35-33-31-28-23-21-19-17-15-13-11-9-7-2/h49-50,54H,6-48H2,1-5H3,(H-,52,55,56,57)/p+1. The van der Waals surface area contributed by atoms with Gasteiger partial charge < -0.3 is 19.8 Å². The van der Waals surface area contributed by atoms with E-state index in [0.29, 0.717) is 23.9 Å². The van der Waals surface area contributed by atoms with Crippen LogP contribution in [0.5, 0.6) is 0 Å². The van der Waals surface area contributed by atoms with Crippen LogP contribution in [0.3, 0.4) is 0 Å². The molecule has 0 aromatic rings. The van der Waals surface area contributed by atoms with Crippen LogP contribution in [0.2, 0.25) is 0 Å². The van der Waals surface area contributed by atoms with Crippen LogP contribution in [0, 0.1) is 0 Å². The number of carbonyl (C=O) groups excluding carboxylic acids is 1. The summed E-state index contributed by atoms with van der Waals surface area (Å²) in [5.41, 5.74) is 0. The summed E-state index contributed by atoms with van der Waals surface area (Å²) in [6.07, 6.45) is 49.9. The van der Waals surface area contributed by atoms with Gasteiger partial charge in [-0.1, -0.05) is 251 Å². The van der Waals surface area contributed by atoms with Crippen molar-refractivity contribution >= 4 is 13.7 Å². The average Bonchev–Trinajstić information content (AvgIpc) is 3.20. The van der Waals surface area contributed by atoms with E-state index in [9.17, 15) is 19.4 Å². The van der Waals surface area contributed by atoms with Gasteiger partial charge in [-0.05, 0) is 12.8 Å². The number of phosphoric ester groups is 1. The highest BCUT2D eigenvalue weighted by Gasteiger charge is 2.28. The summed E-state index contributed by atoms with van der Waals surface area (Å²) in [5.74, 6) is -0.138. The zero-order valence-corrected chi connectivity index (χ0v) is 41.9. The van der Waals surface area contributed by atoms with Crippen LogP contribution in [-0.2, 0) is 18.4 Å². The lowest BCUT2D eigenvalue weighted by Gasteiger charge is -2.26. The third-order valence-electron chi connectivity index (χ3n) is 12.4. The SMILES string of the molecule is CCCCCCCCCCCCCCCCCCCCCCCC(O)C(COP(=O)(O)OCC[N+](C)(C)C)NC(=O)CCCCCCCCCCCCCCCCCCC. The summed E-state index contributed by atoms with van der Waals surface area (Å²) in [6.45, 7) is 4.93. The van der Waals surface area contributed by atoms with Crippen molar-refractivity contribution in [3.63, 3.8) is 0 Å². The maximum absolute atomic E-state index is 12.9. The molecule has 0 saturated heterocycles. The molecule has 0 radical (unpaired) electrons. The molecule has 9 heteroatoms. The fourth-order valence-corrected chi connectivity index (χ4v) is 8.90. The van der Waals surface area contributed by atoms with Crippen molar-refractivity contribution in [1.82, 2.24) is 5.32 Å².